The summed E-state index contributed by atoms with van der Waals surface area (Å²) in [5.41, 5.74) is 3.33. The van der Waals surface area contributed by atoms with Gasteiger partial charge in [-0.05, 0) is 55.0 Å². The second-order valence-electron chi connectivity index (χ2n) is 10.3. The molecule has 2 fully saturated rings. The van der Waals surface area contributed by atoms with Crippen molar-refractivity contribution in [3.63, 3.8) is 0 Å². The van der Waals surface area contributed by atoms with Crippen LogP contribution in [0.15, 0.2) is 65.8 Å². The minimum absolute atomic E-state index is 0.0817. The largest absolute Gasteiger partial charge is 0.492 e. The number of morpholine rings is 1. The van der Waals surface area contributed by atoms with Crippen LogP contribution in [0.5, 0.6) is 5.75 Å². The van der Waals surface area contributed by atoms with Gasteiger partial charge >= 0.3 is 6.03 Å². The number of piperazine rings is 1. The fourth-order valence-corrected chi connectivity index (χ4v) is 4.99. The van der Waals surface area contributed by atoms with Crippen LogP contribution in [0.1, 0.15) is 22.8 Å². The summed E-state index contributed by atoms with van der Waals surface area (Å²) < 4.78 is 24.2. The molecule has 0 atom stereocenters. The quantitative estimate of drug-likeness (QED) is 0.242. The molecule has 1 aromatic heterocycles. The highest BCUT2D eigenvalue weighted by atomic mass is 19.1. The Balaban J connectivity index is 1.14. The summed E-state index contributed by atoms with van der Waals surface area (Å²) in [7, 11) is 0. The van der Waals surface area contributed by atoms with Crippen LogP contribution in [0.4, 0.5) is 20.6 Å². The van der Waals surface area contributed by atoms with Crippen LogP contribution >= 0.6 is 0 Å². The van der Waals surface area contributed by atoms with E-state index in [0.29, 0.717) is 88.1 Å². The Labute approximate surface area is 255 Å². The molecule has 0 radical (unpaired) electrons. The monoisotopic (exact) mass is 604 g/mol. The molecule has 232 valence electrons. The van der Waals surface area contributed by atoms with E-state index in [9.17, 15) is 14.0 Å². The normalized spacial score (nSPS) is 15.6. The van der Waals surface area contributed by atoms with Gasteiger partial charge in [-0.1, -0.05) is 12.1 Å². The summed E-state index contributed by atoms with van der Waals surface area (Å²) in [6.45, 7) is 7.21. The summed E-state index contributed by atoms with van der Waals surface area (Å²) in [5, 5.41) is 14.2. The topological polar surface area (TPSA) is 138 Å². The van der Waals surface area contributed by atoms with Gasteiger partial charge in [-0.2, -0.15) is 4.99 Å². The predicted molar refractivity (Wildman–Crippen MR) is 164 cm³/mol. The number of aromatic nitrogens is 1. The molecule has 12 nitrogen and oxygen atoms in total. The van der Waals surface area contributed by atoms with E-state index in [1.54, 1.807) is 46.2 Å². The summed E-state index contributed by atoms with van der Waals surface area (Å²) in [5.74, 6) is -0.0136. The van der Waals surface area contributed by atoms with Crippen LogP contribution in [-0.4, -0.2) is 91.8 Å². The van der Waals surface area contributed by atoms with Gasteiger partial charge in [-0.25, -0.2) is 9.18 Å². The Bertz CT molecular complexity index is 1510. The Morgan fingerprint density at radius 2 is 1.75 bits per heavy atom. The minimum Gasteiger partial charge on any atom is -0.492 e. The van der Waals surface area contributed by atoms with E-state index in [0.717, 1.165) is 11.3 Å². The lowest BCUT2D eigenvalue weighted by Gasteiger charge is -2.36. The number of benzene rings is 2. The number of hydrogen-bond donors (Lipinski definition) is 4. The van der Waals surface area contributed by atoms with Crippen molar-refractivity contribution >= 4 is 29.3 Å². The van der Waals surface area contributed by atoms with Crippen molar-refractivity contribution in [3.8, 4) is 5.75 Å². The molecule has 2 aliphatic heterocycles. The van der Waals surface area contributed by atoms with Crippen molar-refractivity contribution in [2.75, 3.05) is 69.3 Å². The number of carbonyl (C=O) groups excluding carboxylic acids is 2. The van der Waals surface area contributed by atoms with E-state index in [4.69, 9.17) is 14.9 Å². The molecule has 3 aromatic rings. The van der Waals surface area contributed by atoms with E-state index in [1.165, 1.54) is 12.1 Å². The number of nitrogens with zero attached hydrogens (tertiary/aromatic N) is 4. The highest BCUT2D eigenvalue weighted by Gasteiger charge is 2.22. The van der Waals surface area contributed by atoms with Gasteiger partial charge in [0, 0.05) is 57.6 Å². The number of H-pyrrole nitrogens is 1. The highest BCUT2D eigenvalue weighted by molar-refractivity contribution is 5.97. The summed E-state index contributed by atoms with van der Waals surface area (Å²) in [4.78, 5) is 38.6. The van der Waals surface area contributed by atoms with Crippen molar-refractivity contribution < 1.29 is 23.5 Å². The third-order valence-corrected chi connectivity index (χ3v) is 7.38. The number of carbonyl (C=O) groups is 2. The molecule has 2 aromatic carbocycles. The van der Waals surface area contributed by atoms with Crippen LogP contribution in [0.2, 0.25) is 0 Å². The van der Waals surface area contributed by atoms with E-state index in [2.05, 4.69) is 25.5 Å². The third kappa shape index (κ3) is 7.92. The highest BCUT2D eigenvalue weighted by Crippen LogP contribution is 2.27. The zero-order valence-corrected chi connectivity index (χ0v) is 24.6. The maximum Gasteiger partial charge on any atom is 0.317 e. The average molecular weight is 605 g/mol. The minimum atomic E-state index is -0.304. The Morgan fingerprint density at radius 3 is 2.43 bits per heavy atom. The first-order valence-electron chi connectivity index (χ1n) is 14.6. The first-order chi connectivity index (χ1) is 21.4. The molecule has 0 spiro atoms. The van der Waals surface area contributed by atoms with Crippen LogP contribution in [0.3, 0.4) is 0 Å². The van der Waals surface area contributed by atoms with Crippen molar-refractivity contribution in [3.05, 3.63) is 83.2 Å². The SMILES string of the molecule is CCOc1cc(C(=O)N2CCOCC2)ccc1NC(=N)/N=c1/ccc(N2CCN(C(=O)NCc3ccc(F)cc3)CC2)c[nH]1. The number of anilines is 2. The number of guanidine groups is 1. The van der Waals surface area contributed by atoms with Gasteiger partial charge in [0.05, 0.1) is 31.2 Å². The maximum absolute atomic E-state index is 13.1. The number of urea groups is 1. The molecule has 5 rings (SSSR count). The Morgan fingerprint density at radius 1 is 1.00 bits per heavy atom. The number of rotatable bonds is 7. The first-order valence-corrected chi connectivity index (χ1v) is 14.6. The van der Waals surface area contributed by atoms with E-state index < -0.39 is 0 Å². The number of nitrogens with one attached hydrogen (secondary N) is 4. The van der Waals surface area contributed by atoms with Gasteiger partial charge in [0.2, 0.25) is 5.96 Å². The zero-order valence-electron chi connectivity index (χ0n) is 24.6. The summed E-state index contributed by atoms with van der Waals surface area (Å²) in [6, 6.07) is 14.8. The van der Waals surface area contributed by atoms with Crippen LogP contribution in [0.25, 0.3) is 0 Å². The third-order valence-electron chi connectivity index (χ3n) is 7.38. The summed E-state index contributed by atoms with van der Waals surface area (Å²) in [6.07, 6.45) is 1.83. The molecule has 0 saturated carbocycles. The van der Waals surface area contributed by atoms with Gasteiger partial charge in [0.1, 0.15) is 17.1 Å². The van der Waals surface area contributed by atoms with Crippen LogP contribution in [-0.2, 0) is 11.3 Å². The predicted octanol–water partition coefficient (Wildman–Crippen LogP) is 3.00. The molecule has 0 unspecified atom stereocenters. The Kier molecular flexibility index (Phi) is 10.1. The number of hydrogen-bond acceptors (Lipinski definition) is 6. The van der Waals surface area contributed by atoms with Gasteiger partial charge < -0.3 is 39.8 Å². The number of pyridine rings is 1. The zero-order chi connectivity index (χ0) is 30.9. The van der Waals surface area contributed by atoms with Crippen molar-refractivity contribution in [2.24, 2.45) is 4.99 Å². The Hall–Kier alpha value is -4.91. The molecule has 4 N–H and O–H groups in total. The van der Waals surface area contributed by atoms with Crippen LogP contribution < -0.4 is 25.8 Å². The summed E-state index contributed by atoms with van der Waals surface area (Å²) >= 11 is 0. The number of aromatic amines is 1. The number of amides is 3. The van der Waals surface area contributed by atoms with Crippen molar-refractivity contribution in [1.29, 1.82) is 5.41 Å². The average Bonchev–Trinajstić information content (AvgIpc) is 3.06. The molecule has 0 aliphatic carbocycles. The van der Waals surface area contributed by atoms with Gasteiger partial charge in [-0.3, -0.25) is 10.2 Å². The van der Waals surface area contributed by atoms with Crippen molar-refractivity contribution in [1.82, 2.24) is 20.1 Å². The molecule has 3 amide bonds. The second kappa shape index (κ2) is 14.5. The number of ether oxygens (including phenoxy) is 2. The fraction of sp³-hybridized carbons (Fsp3) is 0.355. The molecule has 3 heterocycles. The molecular weight excluding hydrogens is 567 g/mol. The second-order valence-corrected chi connectivity index (χ2v) is 10.3. The van der Waals surface area contributed by atoms with Crippen molar-refractivity contribution in [2.45, 2.75) is 13.5 Å². The van der Waals surface area contributed by atoms with Gasteiger partial charge in [0.15, 0.2) is 0 Å². The van der Waals surface area contributed by atoms with Gasteiger partial charge in [-0.15, -0.1) is 0 Å². The smallest absolute Gasteiger partial charge is 0.317 e. The fourth-order valence-electron chi connectivity index (χ4n) is 4.99. The molecular formula is C31H37FN8O4. The van der Waals surface area contributed by atoms with E-state index >= 15 is 0 Å². The van der Waals surface area contributed by atoms with E-state index in [1.807, 2.05) is 19.2 Å². The van der Waals surface area contributed by atoms with Gasteiger partial charge in [0.25, 0.3) is 5.91 Å². The lowest BCUT2D eigenvalue weighted by molar-refractivity contribution is 0.0302. The molecule has 0 bridgehead atoms. The maximum atomic E-state index is 13.1. The molecule has 13 heteroatoms. The first kappa shape index (κ1) is 30.5. The standard InChI is InChI=1S/C31H37FN8O4/c1-2-44-27-19-23(29(41)39-15-17-43-18-16-39)5-9-26(27)36-30(33)37-28-10-8-25(21-34-28)38-11-13-40(14-12-38)31(42)35-20-22-3-6-24(32)7-4-22/h3-10,19,21H,2,11-18,20H2,1H3,(H,35,42)(H3,33,34,36,37). The lowest BCUT2D eigenvalue weighted by atomic mass is 10.1. The lowest BCUT2D eigenvalue weighted by Crippen LogP contribution is -2.51. The molecule has 44 heavy (non-hydrogen) atoms. The molecule has 2 aliphatic rings. The van der Waals surface area contributed by atoms with E-state index in [-0.39, 0.29) is 23.7 Å². The molecule has 2 saturated heterocycles. The number of halogens is 1. The van der Waals surface area contributed by atoms with Crippen LogP contribution in [0, 0.1) is 11.2 Å².